The number of carbonyl (C=O) groups is 1. The van der Waals surface area contributed by atoms with Gasteiger partial charge in [-0.25, -0.2) is 0 Å². The zero-order chi connectivity index (χ0) is 20.9. The maximum absolute atomic E-state index is 13.0. The monoisotopic (exact) mass is 423 g/mol. The lowest BCUT2D eigenvalue weighted by atomic mass is 10.1. The number of para-hydroxylation sites is 1. The fraction of sp³-hybridized carbons (Fsp3) is 0.318. The highest BCUT2D eigenvalue weighted by Crippen LogP contribution is 2.38. The first-order valence-electron chi connectivity index (χ1n) is 9.91. The largest absolute Gasteiger partial charge is 0.378 e. The van der Waals surface area contributed by atoms with E-state index in [1.165, 1.54) is 11.8 Å². The van der Waals surface area contributed by atoms with Crippen molar-refractivity contribution in [2.24, 2.45) is 0 Å². The molecular weight excluding hydrogens is 398 g/mol. The number of anilines is 1. The van der Waals surface area contributed by atoms with Gasteiger partial charge in [-0.15, -0.1) is 10.2 Å². The van der Waals surface area contributed by atoms with Crippen LogP contribution in [0.2, 0.25) is 0 Å². The molecule has 1 saturated heterocycles. The first kappa shape index (κ1) is 20.4. The molecule has 4 rings (SSSR count). The minimum atomic E-state index is -0.412. The smallest absolute Gasteiger partial charge is 0.240 e. The second-order valence-corrected chi connectivity index (χ2v) is 8.27. The normalized spacial score (nSPS) is 15.1. The number of nitrogens with zero attached hydrogens (tertiary/aromatic N) is 5. The van der Waals surface area contributed by atoms with Crippen molar-refractivity contribution in [3.05, 3.63) is 66.2 Å². The first-order valence-corrected chi connectivity index (χ1v) is 10.8. The van der Waals surface area contributed by atoms with Crippen LogP contribution in [0.15, 0.2) is 65.8 Å². The van der Waals surface area contributed by atoms with E-state index in [1.54, 1.807) is 19.0 Å². The summed E-state index contributed by atoms with van der Waals surface area (Å²) in [6, 6.07) is 19.8. The number of hydrogen-bond acceptors (Lipinski definition) is 6. The van der Waals surface area contributed by atoms with E-state index in [4.69, 9.17) is 4.74 Å². The SMILES string of the molecule is CN(C)C(=O)[C@H](Sc1nnc(N2CCOCC2)n1-c1ccccc1)c1ccccc1. The van der Waals surface area contributed by atoms with Gasteiger partial charge in [-0.3, -0.25) is 9.36 Å². The van der Waals surface area contributed by atoms with Gasteiger partial charge in [0.05, 0.1) is 18.9 Å². The third-order valence-electron chi connectivity index (χ3n) is 4.92. The molecule has 1 fully saturated rings. The molecule has 0 radical (unpaired) electrons. The van der Waals surface area contributed by atoms with Crippen LogP contribution < -0.4 is 4.90 Å². The Labute approximate surface area is 180 Å². The zero-order valence-corrected chi connectivity index (χ0v) is 18.0. The second-order valence-electron chi connectivity index (χ2n) is 7.19. The Kier molecular flexibility index (Phi) is 6.35. The van der Waals surface area contributed by atoms with Crippen LogP contribution in [-0.2, 0) is 9.53 Å². The molecule has 0 bridgehead atoms. The molecule has 1 aliphatic heterocycles. The van der Waals surface area contributed by atoms with E-state index in [9.17, 15) is 4.79 Å². The number of benzene rings is 2. The molecule has 1 atom stereocenters. The summed E-state index contributed by atoms with van der Waals surface area (Å²) in [5, 5.41) is 9.28. The highest BCUT2D eigenvalue weighted by Gasteiger charge is 2.28. The van der Waals surface area contributed by atoms with Crippen LogP contribution in [0.25, 0.3) is 5.69 Å². The lowest BCUT2D eigenvalue weighted by Crippen LogP contribution is -2.37. The molecule has 0 aliphatic carbocycles. The minimum absolute atomic E-state index is 0.0155. The van der Waals surface area contributed by atoms with E-state index >= 15 is 0 Å². The van der Waals surface area contributed by atoms with Gasteiger partial charge in [-0.1, -0.05) is 60.3 Å². The topological polar surface area (TPSA) is 63.5 Å². The van der Waals surface area contributed by atoms with Crippen molar-refractivity contribution in [1.82, 2.24) is 19.7 Å². The summed E-state index contributed by atoms with van der Waals surface area (Å²) in [5.41, 5.74) is 1.91. The molecule has 156 valence electrons. The van der Waals surface area contributed by atoms with Crippen molar-refractivity contribution in [1.29, 1.82) is 0 Å². The predicted octanol–water partition coefficient (Wildman–Crippen LogP) is 3.03. The lowest BCUT2D eigenvalue weighted by Gasteiger charge is -2.28. The fourth-order valence-corrected chi connectivity index (χ4v) is 4.53. The van der Waals surface area contributed by atoms with E-state index in [-0.39, 0.29) is 5.91 Å². The van der Waals surface area contributed by atoms with Gasteiger partial charge in [0, 0.05) is 27.2 Å². The van der Waals surface area contributed by atoms with Crippen LogP contribution in [0.1, 0.15) is 10.8 Å². The highest BCUT2D eigenvalue weighted by atomic mass is 32.2. The van der Waals surface area contributed by atoms with Gasteiger partial charge in [0.1, 0.15) is 5.25 Å². The van der Waals surface area contributed by atoms with Crippen molar-refractivity contribution in [2.75, 3.05) is 45.3 Å². The van der Waals surface area contributed by atoms with Gasteiger partial charge in [0.25, 0.3) is 0 Å². The molecule has 0 unspecified atom stereocenters. The predicted molar refractivity (Wildman–Crippen MR) is 118 cm³/mol. The standard InChI is InChI=1S/C22H25N5O2S/c1-25(2)20(28)19(17-9-5-3-6-10-17)30-22-24-23-21(26-13-15-29-16-14-26)27(22)18-11-7-4-8-12-18/h3-12,19H,13-16H2,1-2H3/t19-/m1/s1. The van der Waals surface area contributed by atoms with Gasteiger partial charge in [0.2, 0.25) is 11.9 Å². The molecule has 1 aliphatic rings. The minimum Gasteiger partial charge on any atom is -0.378 e. The summed E-state index contributed by atoms with van der Waals surface area (Å²) in [6.45, 7) is 2.84. The van der Waals surface area contributed by atoms with Crippen LogP contribution in [-0.4, -0.2) is 66.0 Å². The average Bonchev–Trinajstić information content (AvgIpc) is 3.22. The van der Waals surface area contributed by atoms with Crippen molar-refractivity contribution in [2.45, 2.75) is 10.4 Å². The number of likely N-dealkylation sites (N-methyl/N-ethyl adjacent to an activating group) is 1. The maximum Gasteiger partial charge on any atom is 0.240 e. The molecular formula is C22H25N5O2S. The maximum atomic E-state index is 13.0. The molecule has 0 saturated carbocycles. The summed E-state index contributed by atoms with van der Waals surface area (Å²) >= 11 is 1.42. The molecule has 30 heavy (non-hydrogen) atoms. The van der Waals surface area contributed by atoms with Crippen molar-refractivity contribution >= 4 is 23.6 Å². The Morgan fingerprint density at radius 3 is 2.27 bits per heavy atom. The quantitative estimate of drug-likeness (QED) is 0.568. The summed E-state index contributed by atoms with van der Waals surface area (Å²) in [6.07, 6.45) is 0. The highest BCUT2D eigenvalue weighted by molar-refractivity contribution is 8.00. The molecule has 1 aromatic heterocycles. The average molecular weight is 424 g/mol. The van der Waals surface area contributed by atoms with Crippen LogP contribution in [0, 0.1) is 0 Å². The van der Waals surface area contributed by atoms with Crippen LogP contribution in [0.4, 0.5) is 5.95 Å². The van der Waals surface area contributed by atoms with Crippen LogP contribution in [0.3, 0.4) is 0 Å². The van der Waals surface area contributed by atoms with Gasteiger partial charge in [-0.05, 0) is 17.7 Å². The Morgan fingerprint density at radius 2 is 1.63 bits per heavy atom. The van der Waals surface area contributed by atoms with Crippen molar-refractivity contribution in [3.63, 3.8) is 0 Å². The Bertz CT molecular complexity index is 972. The van der Waals surface area contributed by atoms with Gasteiger partial charge in [0.15, 0.2) is 5.16 Å². The second kappa shape index (κ2) is 9.32. The lowest BCUT2D eigenvalue weighted by molar-refractivity contribution is -0.128. The van der Waals surface area contributed by atoms with E-state index in [2.05, 4.69) is 15.1 Å². The molecule has 0 spiro atoms. The number of rotatable bonds is 6. The molecule has 8 heteroatoms. The molecule has 7 nitrogen and oxygen atoms in total. The summed E-state index contributed by atoms with van der Waals surface area (Å²) < 4.78 is 7.54. The Hall–Kier alpha value is -2.84. The number of morpholine rings is 1. The van der Waals surface area contributed by atoms with Crippen LogP contribution >= 0.6 is 11.8 Å². The van der Waals surface area contributed by atoms with E-state index in [0.717, 1.165) is 30.3 Å². The molecule has 0 N–H and O–H groups in total. The number of aromatic nitrogens is 3. The van der Waals surface area contributed by atoms with Gasteiger partial charge < -0.3 is 14.5 Å². The molecule has 2 heterocycles. The zero-order valence-electron chi connectivity index (χ0n) is 17.1. The summed E-state index contributed by atoms with van der Waals surface area (Å²) in [5.74, 6) is 0.790. The molecule has 2 aromatic carbocycles. The summed E-state index contributed by atoms with van der Waals surface area (Å²) in [7, 11) is 3.56. The third kappa shape index (κ3) is 4.34. The van der Waals surface area contributed by atoms with Crippen molar-refractivity contribution in [3.8, 4) is 5.69 Å². The van der Waals surface area contributed by atoms with Crippen molar-refractivity contribution < 1.29 is 9.53 Å². The Morgan fingerprint density at radius 1 is 1.00 bits per heavy atom. The summed E-state index contributed by atoms with van der Waals surface area (Å²) in [4.78, 5) is 16.8. The number of hydrogen-bond donors (Lipinski definition) is 0. The number of ether oxygens (including phenoxy) is 1. The number of carbonyl (C=O) groups excluding carboxylic acids is 1. The van der Waals surface area contributed by atoms with E-state index < -0.39 is 5.25 Å². The third-order valence-corrected chi connectivity index (χ3v) is 6.10. The molecule has 3 aromatic rings. The number of amides is 1. The Balaban J connectivity index is 1.75. The fourth-order valence-electron chi connectivity index (χ4n) is 3.34. The van der Waals surface area contributed by atoms with E-state index in [0.29, 0.717) is 18.4 Å². The van der Waals surface area contributed by atoms with Gasteiger partial charge in [-0.2, -0.15) is 0 Å². The first-order chi connectivity index (χ1) is 14.6. The number of thioether (sulfide) groups is 1. The van der Waals surface area contributed by atoms with Crippen LogP contribution in [0.5, 0.6) is 0 Å². The van der Waals surface area contributed by atoms with Gasteiger partial charge >= 0.3 is 0 Å². The van der Waals surface area contributed by atoms with E-state index in [1.807, 2.05) is 65.2 Å². The molecule has 1 amide bonds.